The zero-order valence-electron chi connectivity index (χ0n) is 18.4. The fraction of sp³-hybridized carbons (Fsp3) is 0.481. The van der Waals surface area contributed by atoms with Gasteiger partial charge in [-0.05, 0) is 41.3 Å². The molecule has 5 heteroatoms. The van der Waals surface area contributed by atoms with Crippen molar-refractivity contribution in [2.45, 2.75) is 56.5 Å². The molecule has 4 nitrogen and oxygen atoms in total. The summed E-state index contributed by atoms with van der Waals surface area (Å²) >= 11 is 6.26. The highest BCUT2D eigenvalue weighted by molar-refractivity contribution is 6.31. The fourth-order valence-corrected chi connectivity index (χ4v) is 6.82. The Morgan fingerprint density at radius 1 is 1.06 bits per heavy atom. The molecule has 2 aromatic carbocycles. The number of benzene rings is 2. The quantitative estimate of drug-likeness (QED) is 0.622. The van der Waals surface area contributed by atoms with Gasteiger partial charge < -0.3 is 9.38 Å². The third kappa shape index (κ3) is 3.31. The highest BCUT2D eigenvalue weighted by Gasteiger charge is 2.50. The standard InChI is InChI=1S/C27H30ClN2O2/c28-19-7-10-22-23(15-19)24(16-26(22)31)27(32)29-12-11-18-5-1-2-6-21(18)25(29)17-30(20-8-9-20)13-3-4-14-30/h1-2,5-7,10,15,20,24-25H,3-4,8-9,11-14,16-17H2/q+1. The Balaban J connectivity index is 1.37. The van der Waals surface area contributed by atoms with E-state index in [1.54, 1.807) is 12.1 Å². The Morgan fingerprint density at radius 3 is 2.62 bits per heavy atom. The van der Waals surface area contributed by atoms with Crippen LogP contribution in [0.5, 0.6) is 0 Å². The molecule has 2 aromatic rings. The number of Topliss-reactive ketones (excluding diaryl/α,β-unsaturated/α-hetero) is 1. The van der Waals surface area contributed by atoms with Crippen LogP contribution in [0, 0.1) is 0 Å². The topological polar surface area (TPSA) is 37.4 Å². The molecule has 2 aliphatic carbocycles. The molecule has 0 bridgehead atoms. The van der Waals surface area contributed by atoms with Gasteiger partial charge in [-0.25, -0.2) is 0 Å². The third-order valence-corrected chi connectivity index (χ3v) is 8.62. The summed E-state index contributed by atoms with van der Waals surface area (Å²) < 4.78 is 1.18. The molecule has 166 valence electrons. The molecule has 0 spiro atoms. The summed E-state index contributed by atoms with van der Waals surface area (Å²) in [7, 11) is 0. The van der Waals surface area contributed by atoms with E-state index in [4.69, 9.17) is 11.6 Å². The zero-order chi connectivity index (χ0) is 21.9. The number of carbonyl (C=O) groups excluding carboxylic acids is 2. The number of quaternary nitrogens is 1. The summed E-state index contributed by atoms with van der Waals surface area (Å²) in [5, 5.41) is 0.590. The number of nitrogens with zero attached hydrogens (tertiary/aromatic N) is 2. The van der Waals surface area contributed by atoms with Crippen LogP contribution in [0.25, 0.3) is 0 Å². The van der Waals surface area contributed by atoms with Crippen LogP contribution in [-0.4, -0.2) is 53.3 Å². The molecule has 2 fully saturated rings. The first-order chi connectivity index (χ1) is 15.6. The van der Waals surface area contributed by atoms with Gasteiger partial charge in [0.2, 0.25) is 5.91 Å². The summed E-state index contributed by atoms with van der Waals surface area (Å²) in [6, 6.07) is 14.9. The number of hydrogen-bond acceptors (Lipinski definition) is 2. The molecule has 0 N–H and O–H groups in total. The molecular formula is C27H30ClN2O2+. The van der Waals surface area contributed by atoms with Gasteiger partial charge in [0, 0.05) is 49.2 Å². The summed E-state index contributed by atoms with van der Waals surface area (Å²) in [5.74, 6) is -0.242. The molecule has 2 atom stereocenters. The number of hydrogen-bond donors (Lipinski definition) is 0. The summed E-state index contributed by atoms with van der Waals surface area (Å²) in [4.78, 5) is 28.8. The van der Waals surface area contributed by atoms with E-state index in [1.165, 1.54) is 54.4 Å². The normalized spacial score (nSPS) is 26.2. The second-order valence-corrected chi connectivity index (χ2v) is 10.6. The first kappa shape index (κ1) is 20.4. The van der Waals surface area contributed by atoms with Crippen molar-refractivity contribution in [2.75, 3.05) is 26.2 Å². The van der Waals surface area contributed by atoms with Gasteiger partial charge in [0.1, 0.15) is 12.6 Å². The van der Waals surface area contributed by atoms with E-state index < -0.39 is 5.92 Å². The summed E-state index contributed by atoms with van der Waals surface area (Å²) in [6.07, 6.45) is 6.38. The van der Waals surface area contributed by atoms with Crippen LogP contribution in [0.15, 0.2) is 42.5 Å². The molecule has 2 heterocycles. The molecule has 2 aliphatic heterocycles. The molecule has 0 aromatic heterocycles. The number of ketones is 1. The van der Waals surface area contributed by atoms with Gasteiger partial charge >= 0.3 is 0 Å². The van der Waals surface area contributed by atoms with Crippen molar-refractivity contribution in [3.8, 4) is 0 Å². The smallest absolute Gasteiger partial charge is 0.231 e. The van der Waals surface area contributed by atoms with E-state index in [2.05, 4.69) is 29.2 Å². The van der Waals surface area contributed by atoms with Gasteiger partial charge in [0.15, 0.2) is 5.78 Å². The number of amides is 1. The Hall–Kier alpha value is -2.17. The molecule has 32 heavy (non-hydrogen) atoms. The summed E-state index contributed by atoms with van der Waals surface area (Å²) in [6.45, 7) is 4.22. The highest BCUT2D eigenvalue weighted by Crippen LogP contribution is 2.44. The maximum absolute atomic E-state index is 14.0. The lowest BCUT2D eigenvalue weighted by atomic mass is 9.89. The molecule has 2 unspecified atom stereocenters. The van der Waals surface area contributed by atoms with E-state index >= 15 is 0 Å². The minimum absolute atomic E-state index is 0.0602. The molecule has 1 amide bonds. The van der Waals surface area contributed by atoms with Crippen LogP contribution in [-0.2, 0) is 11.2 Å². The largest absolute Gasteiger partial charge is 0.329 e. The maximum Gasteiger partial charge on any atom is 0.231 e. The molecule has 4 aliphatic rings. The van der Waals surface area contributed by atoms with Crippen molar-refractivity contribution in [1.82, 2.24) is 4.90 Å². The number of halogens is 1. The van der Waals surface area contributed by atoms with E-state index in [0.717, 1.165) is 31.1 Å². The van der Waals surface area contributed by atoms with Crippen LogP contribution >= 0.6 is 11.6 Å². The molecular weight excluding hydrogens is 420 g/mol. The minimum Gasteiger partial charge on any atom is -0.329 e. The van der Waals surface area contributed by atoms with Gasteiger partial charge in [-0.3, -0.25) is 9.59 Å². The highest BCUT2D eigenvalue weighted by atomic mass is 35.5. The van der Waals surface area contributed by atoms with E-state index in [0.29, 0.717) is 10.6 Å². The van der Waals surface area contributed by atoms with Crippen LogP contribution in [0.4, 0.5) is 0 Å². The molecule has 0 radical (unpaired) electrons. The van der Waals surface area contributed by atoms with E-state index in [9.17, 15) is 9.59 Å². The lowest BCUT2D eigenvalue weighted by Gasteiger charge is -2.44. The molecule has 1 saturated carbocycles. The van der Waals surface area contributed by atoms with Crippen molar-refractivity contribution in [1.29, 1.82) is 0 Å². The predicted molar refractivity (Wildman–Crippen MR) is 125 cm³/mol. The van der Waals surface area contributed by atoms with Crippen molar-refractivity contribution in [3.05, 3.63) is 69.7 Å². The maximum atomic E-state index is 14.0. The number of fused-ring (bicyclic) bond motifs is 2. The van der Waals surface area contributed by atoms with Crippen LogP contribution in [0.3, 0.4) is 0 Å². The lowest BCUT2D eigenvalue weighted by molar-refractivity contribution is -0.929. The molecule has 1 saturated heterocycles. The Kier molecular flexibility index (Phi) is 4.92. The fourth-order valence-electron chi connectivity index (χ4n) is 6.64. The first-order valence-corrected chi connectivity index (χ1v) is 12.5. The SMILES string of the molecule is O=C1CC(C(=O)N2CCc3ccccc3C2C[N+]2(C3CC3)CCCC2)c2cc(Cl)ccc21. The molecule has 6 rings (SSSR count). The average molecular weight is 450 g/mol. The Bertz CT molecular complexity index is 1090. The Labute approximate surface area is 194 Å². The third-order valence-electron chi connectivity index (χ3n) is 8.39. The number of carbonyl (C=O) groups is 2. The van der Waals surface area contributed by atoms with E-state index in [1.807, 2.05) is 6.07 Å². The monoisotopic (exact) mass is 449 g/mol. The lowest BCUT2D eigenvalue weighted by Crippen LogP contribution is -2.55. The number of rotatable bonds is 4. The van der Waals surface area contributed by atoms with Crippen LogP contribution in [0.2, 0.25) is 5.02 Å². The van der Waals surface area contributed by atoms with Crippen LogP contribution in [0.1, 0.15) is 71.1 Å². The number of likely N-dealkylation sites (tertiary alicyclic amines) is 1. The zero-order valence-corrected chi connectivity index (χ0v) is 19.2. The van der Waals surface area contributed by atoms with Gasteiger partial charge in [0.25, 0.3) is 0 Å². The van der Waals surface area contributed by atoms with Crippen molar-refractivity contribution < 1.29 is 14.1 Å². The second-order valence-electron chi connectivity index (χ2n) is 10.2. The van der Waals surface area contributed by atoms with Gasteiger partial charge in [-0.15, -0.1) is 0 Å². The first-order valence-electron chi connectivity index (χ1n) is 12.1. The van der Waals surface area contributed by atoms with Crippen molar-refractivity contribution >= 4 is 23.3 Å². The van der Waals surface area contributed by atoms with Crippen molar-refractivity contribution in [3.63, 3.8) is 0 Å². The van der Waals surface area contributed by atoms with Crippen molar-refractivity contribution in [2.24, 2.45) is 0 Å². The van der Waals surface area contributed by atoms with E-state index in [-0.39, 0.29) is 24.2 Å². The summed E-state index contributed by atoms with van der Waals surface area (Å²) in [5.41, 5.74) is 4.17. The minimum atomic E-state index is -0.406. The Morgan fingerprint density at radius 2 is 1.84 bits per heavy atom. The second kappa shape index (κ2) is 7.71. The van der Waals surface area contributed by atoms with Gasteiger partial charge in [-0.2, -0.15) is 0 Å². The predicted octanol–water partition coefficient (Wildman–Crippen LogP) is 4.91. The average Bonchev–Trinajstić information content (AvgIpc) is 3.48. The van der Waals surface area contributed by atoms with Gasteiger partial charge in [-0.1, -0.05) is 35.9 Å². The van der Waals surface area contributed by atoms with Crippen LogP contribution < -0.4 is 0 Å². The van der Waals surface area contributed by atoms with Gasteiger partial charge in [0.05, 0.1) is 25.0 Å².